The van der Waals surface area contributed by atoms with Crippen LogP contribution in [0.5, 0.6) is 0 Å². The van der Waals surface area contributed by atoms with Crippen molar-refractivity contribution in [1.29, 1.82) is 0 Å². The lowest BCUT2D eigenvalue weighted by atomic mass is 10.1. The highest BCUT2D eigenvalue weighted by Crippen LogP contribution is 2.23. The Hall–Kier alpha value is -2.85. The molecule has 3 rings (SSSR count). The number of ketones is 1. The van der Waals surface area contributed by atoms with Gasteiger partial charge in [0.2, 0.25) is 5.91 Å². The molecule has 0 unspecified atom stereocenters. The number of aromatic nitrogens is 4. The van der Waals surface area contributed by atoms with Crippen molar-refractivity contribution in [3.63, 3.8) is 0 Å². The van der Waals surface area contributed by atoms with Gasteiger partial charge in [-0.25, -0.2) is 22.6 Å². The van der Waals surface area contributed by atoms with E-state index in [1.54, 1.807) is 11.4 Å². The van der Waals surface area contributed by atoms with Gasteiger partial charge in [0, 0.05) is 23.4 Å². The van der Waals surface area contributed by atoms with Crippen molar-refractivity contribution >= 4 is 39.1 Å². The molecule has 0 aliphatic heterocycles. The Balaban J connectivity index is 1.77. The fraction of sp³-hybridized carbons (Fsp3) is 0.278. The second kappa shape index (κ2) is 7.88. The summed E-state index contributed by atoms with van der Waals surface area (Å²) in [6.07, 6.45) is 1.56. The van der Waals surface area contributed by atoms with Crippen LogP contribution < -0.4 is 4.72 Å². The van der Waals surface area contributed by atoms with Gasteiger partial charge in [-0.1, -0.05) is 11.6 Å². The van der Waals surface area contributed by atoms with E-state index in [2.05, 4.69) is 15.1 Å². The molecule has 9 nitrogen and oxygen atoms in total. The topological polar surface area (TPSA) is 123 Å². The van der Waals surface area contributed by atoms with Crippen molar-refractivity contribution in [1.82, 2.24) is 24.3 Å². The molecule has 1 amide bonds. The third-order valence-corrected chi connectivity index (χ3v) is 6.32. The molecule has 0 saturated heterocycles. The number of benzene rings is 1. The van der Waals surface area contributed by atoms with Crippen LogP contribution in [0.25, 0.3) is 5.78 Å². The Labute approximate surface area is 172 Å². The first kappa shape index (κ1) is 20.9. The maximum absolute atomic E-state index is 12.6. The van der Waals surface area contributed by atoms with Crippen molar-refractivity contribution in [2.75, 3.05) is 0 Å². The van der Waals surface area contributed by atoms with Gasteiger partial charge in [-0.05, 0) is 51.0 Å². The Morgan fingerprint density at radius 2 is 1.97 bits per heavy atom. The standard InChI is InChI=1S/C18H18ClN5O4S/c1-10-14(11(2)24-18(22-10)20-9-21-24)5-7-17(26)23-29(27,28)16-8-13(12(3)25)4-6-15(16)19/h4,6,8-9H,5,7H2,1-3H3,(H,23,26). The highest BCUT2D eigenvalue weighted by atomic mass is 35.5. The number of rotatable bonds is 6. The molecule has 0 radical (unpaired) electrons. The van der Waals surface area contributed by atoms with Gasteiger partial charge >= 0.3 is 0 Å². The molecule has 1 aromatic carbocycles. The van der Waals surface area contributed by atoms with Crippen LogP contribution in [0.3, 0.4) is 0 Å². The Kier molecular flexibility index (Phi) is 5.67. The van der Waals surface area contributed by atoms with Crippen LogP contribution in [0.1, 0.15) is 40.7 Å². The molecule has 0 fully saturated rings. The fourth-order valence-corrected chi connectivity index (χ4v) is 4.48. The van der Waals surface area contributed by atoms with Crippen molar-refractivity contribution < 1.29 is 18.0 Å². The van der Waals surface area contributed by atoms with E-state index in [-0.39, 0.29) is 34.1 Å². The highest BCUT2D eigenvalue weighted by Gasteiger charge is 2.22. The van der Waals surface area contributed by atoms with Crippen LogP contribution in [0.15, 0.2) is 29.4 Å². The molecule has 0 atom stereocenters. The molecule has 152 valence electrons. The van der Waals surface area contributed by atoms with Gasteiger partial charge in [0.25, 0.3) is 15.8 Å². The summed E-state index contributed by atoms with van der Waals surface area (Å²) in [5, 5.41) is 4.00. The van der Waals surface area contributed by atoms with E-state index in [4.69, 9.17) is 11.6 Å². The first-order chi connectivity index (χ1) is 13.6. The lowest BCUT2D eigenvalue weighted by Crippen LogP contribution is -2.31. The van der Waals surface area contributed by atoms with Gasteiger partial charge in [0.05, 0.1) is 5.02 Å². The highest BCUT2D eigenvalue weighted by molar-refractivity contribution is 7.90. The van der Waals surface area contributed by atoms with Gasteiger partial charge in [0.1, 0.15) is 11.2 Å². The molecule has 29 heavy (non-hydrogen) atoms. The zero-order valence-corrected chi connectivity index (χ0v) is 17.5. The van der Waals surface area contributed by atoms with Gasteiger partial charge in [-0.3, -0.25) is 9.59 Å². The van der Waals surface area contributed by atoms with E-state index in [9.17, 15) is 18.0 Å². The zero-order chi connectivity index (χ0) is 21.3. The predicted molar refractivity (Wildman–Crippen MR) is 105 cm³/mol. The molecule has 0 saturated carbocycles. The molecule has 11 heteroatoms. The van der Waals surface area contributed by atoms with E-state index in [0.717, 1.165) is 17.3 Å². The minimum Gasteiger partial charge on any atom is -0.295 e. The van der Waals surface area contributed by atoms with Crippen LogP contribution in [0.4, 0.5) is 0 Å². The first-order valence-electron chi connectivity index (χ1n) is 8.62. The largest absolute Gasteiger partial charge is 0.295 e. The number of hydrogen-bond acceptors (Lipinski definition) is 7. The van der Waals surface area contributed by atoms with Crippen LogP contribution in [-0.4, -0.2) is 39.7 Å². The normalized spacial score (nSPS) is 11.6. The minimum absolute atomic E-state index is 0.0807. The van der Waals surface area contributed by atoms with E-state index in [1.807, 2.05) is 11.6 Å². The third kappa shape index (κ3) is 4.28. The second-order valence-corrected chi connectivity index (χ2v) is 8.52. The maximum atomic E-state index is 12.6. The van der Waals surface area contributed by atoms with Crippen molar-refractivity contribution in [3.8, 4) is 0 Å². The number of nitrogens with one attached hydrogen (secondary N) is 1. The average molecular weight is 436 g/mol. The third-order valence-electron chi connectivity index (χ3n) is 4.47. The monoisotopic (exact) mass is 435 g/mol. The smallest absolute Gasteiger partial charge is 0.265 e. The Morgan fingerprint density at radius 1 is 1.24 bits per heavy atom. The summed E-state index contributed by atoms with van der Waals surface area (Å²) in [7, 11) is -4.22. The number of hydrogen-bond donors (Lipinski definition) is 1. The van der Waals surface area contributed by atoms with Crippen molar-refractivity contribution in [2.24, 2.45) is 0 Å². The van der Waals surface area contributed by atoms with Crippen molar-refractivity contribution in [3.05, 3.63) is 52.1 Å². The minimum atomic E-state index is -4.22. The molecule has 3 aromatic rings. The van der Waals surface area contributed by atoms with Crippen LogP contribution in [0, 0.1) is 13.8 Å². The van der Waals surface area contributed by atoms with E-state index in [1.165, 1.54) is 25.4 Å². The summed E-state index contributed by atoms with van der Waals surface area (Å²) in [6, 6.07) is 3.88. The summed E-state index contributed by atoms with van der Waals surface area (Å²) in [5.41, 5.74) is 2.43. The van der Waals surface area contributed by atoms with Crippen molar-refractivity contribution in [2.45, 2.75) is 38.5 Å². The second-order valence-electron chi connectivity index (χ2n) is 6.46. The van der Waals surface area contributed by atoms with Gasteiger partial charge < -0.3 is 0 Å². The number of carbonyl (C=O) groups excluding carboxylic acids is 2. The SMILES string of the molecule is CC(=O)c1ccc(Cl)c(S(=O)(=O)NC(=O)CCc2c(C)nc3ncnn3c2C)c1. The predicted octanol–water partition coefficient (Wildman–Crippen LogP) is 2.03. The number of Topliss-reactive ketones (excluding diaryl/α,β-unsaturated/α-hetero) is 1. The average Bonchev–Trinajstić information content (AvgIpc) is 3.09. The maximum Gasteiger partial charge on any atom is 0.265 e. The summed E-state index contributed by atoms with van der Waals surface area (Å²) < 4.78 is 28.7. The van der Waals surface area contributed by atoms with E-state index in [0.29, 0.717) is 11.5 Å². The van der Waals surface area contributed by atoms with Gasteiger partial charge in [0.15, 0.2) is 5.78 Å². The summed E-state index contributed by atoms with van der Waals surface area (Å²) in [5.74, 6) is -0.561. The number of aryl methyl sites for hydroxylation is 2. The summed E-state index contributed by atoms with van der Waals surface area (Å²) >= 11 is 5.96. The molecule has 0 spiro atoms. The number of carbonyl (C=O) groups is 2. The zero-order valence-electron chi connectivity index (χ0n) is 15.9. The van der Waals surface area contributed by atoms with Gasteiger partial charge in [-0.2, -0.15) is 10.1 Å². The van der Waals surface area contributed by atoms with E-state index < -0.39 is 15.9 Å². The molecular weight excluding hydrogens is 418 g/mol. The Morgan fingerprint density at radius 3 is 2.66 bits per heavy atom. The fourth-order valence-electron chi connectivity index (χ4n) is 2.94. The Bertz CT molecular complexity index is 1240. The lowest BCUT2D eigenvalue weighted by molar-refractivity contribution is -0.119. The summed E-state index contributed by atoms with van der Waals surface area (Å²) in [6.45, 7) is 4.93. The lowest BCUT2D eigenvalue weighted by Gasteiger charge is -2.12. The number of nitrogens with zero attached hydrogens (tertiary/aromatic N) is 4. The first-order valence-corrected chi connectivity index (χ1v) is 10.5. The van der Waals surface area contributed by atoms with Crippen LogP contribution >= 0.6 is 11.6 Å². The summed E-state index contributed by atoms with van der Waals surface area (Å²) in [4.78, 5) is 31.9. The molecular formula is C18H18ClN5O4S. The molecule has 0 aliphatic rings. The molecule has 1 N–H and O–H groups in total. The molecule has 0 bridgehead atoms. The molecule has 0 aliphatic carbocycles. The molecule has 2 heterocycles. The van der Waals surface area contributed by atoms with Crippen LogP contribution in [-0.2, 0) is 21.2 Å². The number of fused-ring (bicyclic) bond motifs is 1. The van der Waals surface area contributed by atoms with E-state index >= 15 is 0 Å². The van der Waals surface area contributed by atoms with Crippen LogP contribution in [0.2, 0.25) is 5.02 Å². The molecule has 2 aromatic heterocycles. The number of sulfonamides is 1. The number of amides is 1. The van der Waals surface area contributed by atoms with Gasteiger partial charge in [-0.15, -0.1) is 0 Å². The number of halogens is 1. The quantitative estimate of drug-likeness (QED) is 0.587.